The minimum Gasteiger partial charge on any atom is -0.310 e. The molecule has 0 saturated carbocycles. The third-order valence-corrected chi connectivity index (χ3v) is 10.9. The van der Waals surface area contributed by atoms with E-state index in [9.17, 15) is 0 Å². The Balaban J connectivity index is 1.22. The summed E-state index contributed by atoms with van der Waals surface area (Å²) in [6, 6.07) is 57.1. The predicted octanol–water partition coefficient (Wildman–Crippen LogP) is 12.8. The molecule has 3 heterocycles. The summed E-state index contributed by atoms with van der Waals surface area (Å²) in [5.41, 5.74) is 15.0. The van der Waals surface area contributed by atoms with Crippen molar-refractivity contribution in [3.8, 4) is 0 Å². The highest BCUT2D eigenvalue weighted by Crippen LogP contribution is 2.55. The molecule has 6 aromatic carbocycles. The first kappa shape index (κ1) is 30.9. The third-order valence-electron chi connectivity index (χ3n) is 10.9. The SMILES string of the molecule is CC1(C)c2ccccc2N(c2cccc(N3c4ccccc4C(C)(C)c4cc(N(c5ccccc5)c5ccccc5)ccc43)c2)c2cnccc21. The van der Waals surface area contributed by atoms with Crippen LogP contribution in [-0.4, -0.2) is 4.98 Å². The van der Waals surface area contributed by atoms with Gasteiger partial charge in [0, 0.05) is 45.5 Å². The molecule has 0 bridgehead atoms. The topological polar surface area (TPSA) is 22.6 Å². The first-order valence-electron chi connectivity index (χ1n) is 17.7. The maximum Gasteiger partial charge on any atom is 0.0685 e. The van der Waals surface area contributed by atoms with E-state index in [1.54, 1.807) is 0 Å². The van der Waals surface area contributed by atoms with Gasteiger partial charge in [-0.15, -0.1) is 0 Å². The van der Waals surface area contributed by atoms with Gasteiger partial charge >= 0.3 is 0 Å². The van der Waals surface area contributed by atoms with E-state index in [1.165, 1.54) is 39.3 Å². The molecular formula is C47H40N4. The maximum absolute atomic E-state index is 4.61. The van der Waals surface area contributed by atoms with Gasteiger partial charge in [0.25, 0.3) is 0 Å². The van der Waals surface area contributed by atoms with Gasteiger partial charge in [0.15, 0.2) is 0 Å². The van der Waals surface area contributed by atoms with Crippen LogP contribution in [0, 0.1) is 0 Å². The van der Waals surface area contributed by atoms with E-state index in [0.717, 1.165) is 34.1 Å². The van der Waals surface area contributed by atoms with Crippen molar-refractivity contribution in [3.05, 3.63) is 192 Å². The molecule has 7 aromatic rings. The zero-order valence-corrected chi connectivity index (χ0v) is 29.5. The molecule has 0 spiro atoms. The number of rotatable bonds is 5. The van der Waals surface area contributed by atoms with Crippen molar-refractivity contribution in [1.29, 1.82) is 0 Å². The van der Waals surface area contributed by atoms with Gasteiger partial charge in [0.2, 0.25) is 0 Å². The number of para-hydroxylation sites is 4. The number of hydrogen-bond acceptors (Lipinski definition) is 4. The normalized spacial score (nSPS) is 14.9. The van der Waals surface area contributed by atoms with E-state index in [0.29, 0.717) is 0 Å². The average molecular weight is 661 g/mol. The van der Waals surface area contributed by atoms with Crippen LogP contribution in [0.15, 0.2) is 170 Å². The van der Waals surface area contributed by atoms with Crippen LogP contribution in [0.25, 0.3) is 0 Å². The van der Waals surface area contributed by atoms with Gasteiger partial charge in [0.1, 0.15) is 0 Å². The van der Waals surface area contributed by atoms with Gasteiger partial charge in [-0.1, -0.05) is 107 Å². The second-order valence-electron chi connectivity index (χ2n) is 14.6. The summed E-state index contributed by atoms with van der Waals surface area (Å²) < 4.78 is 0. The predicted molar refractivity (Wildman–Crippen MR) is 213 cm³/mol. The maximum atomic E-state index is 4.61. The summed E-state index contributed by atoms with van der Waals surface area (Å²) in [6.45, 7) is 9.33. The Labute approximate surface area is 300 Å². The Morgan fingerprint density at radius 3 is 1.51 bits per heavy atom. The fourth-order valence-electron chi connectivity index (χ4n) is 8.32. The van der Waals surface area contributed by atoms with Crippen LogP contribution >= 0.6 is 0 Å². The Morgan fingerprint density at radius 2 is 0.902 bits per heavy atom. The summed E-state index contributed by atoms with van der Waals surface area (Å²) in [4.78, 5) is 11.8. The standard InChI is InChI=1S/C47H40N4/c1-46(2)38-22-11-14-25-43(38)51(45-32-48-29-28-40(45)46)36-21-15-20-35(30-36)50-42-24-13-12-23-39(42)47(3,4)41-31-37(26-27-44(41)50)49(33-16-7-5-8-17-33)34-18-9-6-10-19-34/h5-32H,1-4H3. The second-order valence-corrected chi connectivity index (χ2v) is 14.6. The van der Waals surface area contributed by atoms with Crippen molar-refractivity contribution in [1.82, 2.24) is 4.98 Å². The Morgan fingerprint density at radius 1 is 0.412 bits per heavy atom. The minimum atomic E-state index is -0.239. The highest BCUT2D eigenvalue weighted by Gasteiger charge is 2.39. The monoisotopic (exact) mass is 660 g/mol. The third kappa shape index (κ3) is 4.85. The van der Waals surface area contributed by atoms with Crippen molar-refractivity contribution < 1.29 is 0 Å². The number of nitrogens with zero attached hydrogens (tertiary/aromatic N) is 4. The number of fused-ring (bicyclic) bond motifs is 4. The molecule has 51 heavy (non-hydrogen) atoms. The van der Waals surface area contributed by atoms with Crippen molar-refractivity contribution in [2.45, 2.75) is 38.5 Å². The molecule has 2 aliphatic rings. The molecule has 1 aromatic heterocycles. The van der Waals surface area contributed by atoms with Crippen LogP contribution in [0.2, 0.25) is 0 Å². The number of pyridine rings is 1. The Bertz CT molecular complexity index is 2310. The first-order chi connectivity index (χ1) is 24.8. The lowest BCUT2D eigenvalue weighted by Gasteiger charge is -2.43. The van der Waals surface area contributed by atoms with Crippen molar-refractivity contribution >= 4 is 51.2 Å². The van der Waals surface area contributed by atoms with Gasteiger partial charge in [-0.3, -0.25) is 4.98 Å². The van der Waals surface area contributed by atoms with Crippen molar-refractivity contribution in [2.24, 2.45) is 0 Å². The molecule has 2 aliphatic heterocycles. The van der Waals surface area contributed by atoms with E-state index in [1.807, 2.05) is 12.4 Å². The fraction of sp³-hybridized carbons (Fsp3) is 0.128. The molecule has 0 saturated heterocycles. The highest BCUT2D eigenvalue weighted by atomic mass is 15.2. The lowest BCUT2D eigenvalue weighted by atomic mass is 9.73. The minimum absolute atomic E-state index is 0.148. The molecule has 0 amide bonds. The molecule has 248 valence electrons. The summed E-state index contributed by atoms with van der Waals surface area (Å²) >= 11 is 0. The Kier molecular flexibility index (Phi) is 7.11. The molecule has 0 atom stereocenters. The van der Waals surface area contributed by atoms with Gasteiger partial charge in [-0.05, 0) is 101 Å². The smallest absolute Gasteiger partial charge is 0.0685 e. The lowest BCUT2D eigenvalue weighted by Crippen LogP contribution is -2.31. The van der Waals surface area contributed by atoms with Crippen LogP contribution in [0.5, 0.6) is 0 Å². The molecule has 9 rings (SSSR count). The van der Waals surface area contributed by atoms with E-state index < -0.39 is 0 Å². The summed E-state index contributed by atoms with van der Waals surface area (Å²) in [7, 11) is 0. The number of anilines is 9. The summed E-state index contributed by atoms with van der Waals surface area (Å²) in [6.07, 6.45) is 3.93. The number of aromatic nitrogens is 1. The molecule has 0 fully saturated rings. The molecule has 0 aliphatic carbocycles. The van der Waals surface area contributed by atoms with Crippen molar-refractivity contribution in [2.75, 3.05) is 14.7 Å². The van der Waals surface area contributed by atoms with E-state index in [4.69, 9.17) is 0 Å². The zero-order valence-electron chi connectivity index (χ0n) is 29.5. The fourth-order valence-corrected chi connectivity index (χ4v) is 8.32. The molecule has 0 radical (unpaired) electrons. The number of hydrogen-bond donors (Lipinski definition) is 0. The van der Waals surface area contributed by atoms with Crippen LogP contribution < -0.4 is 14.7 Å². The van der Waals surface area contributed by atoms with E-state index in [2.05, 4.69) is 205 Å². The van der Waals surface area contributed by atoms with Crippen molar-refractivity contribution in [3.63, 3.8) is 0 Å². The largest absolute Gasteiger partial charge is 0.310 e. The van der Waals surface area contributed by atoms with Gasteiger partial charge in [0.05, 0.1) is 28.9 Å². The summed E-state index contributed by atoms with van der Waals surface area (Å²) in [5, 5.41) is 0. The summed E-state index contributed by atoms with van der Waals surface area (Å²) in [5.74, 6) is 0. The van der Waals surface area contributed by atoms with Crippen LogP contribution in [0.4, 0.5) is 51.2 Å². The quantitative estimate of drug-likeness (QED) is 0.183. The lowest BCUT2D eigenvalue weighted by molar-refractivity contribution is 0.630. The number of benzene rings is 6. The Hall–Kier alpha value is -6.13. The van der Waals surface area contributed by atoms with Crippen LogP contribution in [0.1, 0.15) is 49.9 Å². The zero-order chi connectivity index (χ0) is 34.7. The van der Waals surface area contributed by atoms with Gasteiger partial charge < -0.3 is 14.7 Å². The van der Waals surface area contributed by atoms with Crippen LogP contribution in [-0.2, 0) is 10.8 Å². The highest BCUT2D eigenvalue weighted by molar-refractivity contribution is 5.91. The van der Waals surface area contributed by atoms with Gasteiger partial charge in [-0.2, -0.15) is 0 Å². The molecular weight excluding hydrogens is 621 g/mol. The van der Waals surface area contributed by atoms with E-state index >= 15 is 0 Å². The molecule has 0 N–H and O–H groups in total. The second kappa shape index (κ2) is 11.7. The first-order valence-corrected chi connectivity index (χ1v) is 17.7. The van der Waals surface area contributed by atoms with Gasteiger partial charge in [-0.25, -0.2) is 0 Å². The molecule has 4 heteroatoms. The van der Waals surface area contributed by atoms with E-state index in [-0.39, 0.29) is 10.8 Å². The molecule has 0 unspecified atom stereocenters. The average Bonchev–Trinajstić information content (AvgIpc) is 3.17. The van der Waals surface area contributed by atoms with Crippen LogP contribution in [0.3, 0.4) is 0 Å². The molecule has 4 nitrogen and oxygen atoms in total.